The minimum absolute atomic E-state index is 0.562. The number of aryl methyl sites for hydroxylation is 1. The Morgan fingerprint density at radius 1 is 1.12 bits per heavy atom. The molecule has 0 bridgehead atoms. The lowest BCUT2D eigenvalue weighted by Gasteiger charge is -2.13. The van der Waals surface area contributed by atoms with Crippen LogP contribution in [0.15, 0.2) is 36.4 Å². The van der Waals surface area contributed by atoms with Gasteiger partial charge in [-0.2, -0.15) is 5.26 Å². The average Bonchev–Trinajstić information content (AvgIpc) is 2.57. The summed E-state index contributed by atoms with van der Waals surface area (Å²) in [6.07, 6.45) is 1.88. The van der Waals surface area contributed by atoms with Crippen molar-refractivity contribution in [3.63, 3.8) is 0 Å². The van der Waals surface area contributed by atoms with Crippen LogP contribution in [0, 0.1) is 21.8 Å². The fourth-order valence-corrected chi connectivity index (χ4v) is 3.08. The molecule has 24 heavy (non-hydrogen) atoms. The van der Waals surface area contributed by atoms with Gasteiger partial charge in [-0.1, -0.05) is 29.8 Å². The molecule has 124 valence electrons. The predicted molar refractivity (Wildman–Crippen MR) is 106 cm³/mol. The Morgan fingerprint density at radius 3 is 2.38 bits per heavy atom. The normalized spacial score (nSPS) is 11.0. The first-order valence-corrected chi connectivity index (χ1v) is 8.94. The van der Waals surface area contributed by atoms with Gasteiger partial charge in [0.05, 0.1) is 28.4 Å². The Labute approximate surface area is 157 Å². The van der Waals surface area contributed by atoms with E-state index in [-0.39, 0.29) is 0 Å². The van der Waals surface area contributed by atoms with Crippen LogP contribution in [0.5, 0.6) is 11.5 Å². The maximum atomic E-state index is 9.51. The van der Waals surface area contributed by atoms with E-state index in [1.165, 1.54) is 5.56 Å². The lowest BCUT2D eigenvalue weighted by Crippen LogP contribution is -2.00. The van der Waals surface area contributed by atoms with Crippen LogP contribution < -0.4 is 9.47 Å². The van der Waals surface area contributed by atoms with Crippen LogP contribution in [-0.4, -0.2) is 13.2 Å². The zero-order valence-corrected chi connectivity index (χ0v) is 16.3. The minimum atomic E-state index is 0.562. The summed E-state index contributed by atoms with van der Waals surface area (Å²) in [6, 6.07) is 14.1. The number of allylic oxidation sites excluding steroid dienone is 1. The summed E-state index contributed by atoms with van der Waals surface area (Å²) in [5.74, 6) is 1.46. The van der Waals surface area contributed by atoms with Gasteiger partial charge in [0.15, 0.2) is 11.5 Å². The molecule has 0 atom stereocenters. The zero-order chi connectivity index (χ0) is 17.5. The molecule has 0 aliphatic carbocycles. The standard InChI is InChI=1S/C20H20INO2/c1-4-23-19-12-15(11-18(21)20(19)24-5-2)10-17(13-22)16-8-6-14(3)7-9-16/h6-12H,4-5H2,1-3H3/b17-10-. The highest BCUT2D eigenvalue weighted by atomic mass is 127. The molecule has 0 saturated carbocycles. The van der Waals surface area contributed by atoms with E-state index in [9.17, 15) is 5.26 Å². The van der Waals surface area contributed by atoms with Gasteiger partial charge in [-0.05, 0) is 72.7 Å². The van der Waals surface area contributed by atoms with Gasteiger partial charge in [-0.25, -0.2) is 0 Å². The zero-order valence-electron chi connectivity index (χ0n) is 14.1. The second-order valence-electron chi connectivity index (χ2n) is 5.23. The number of hydrogen-bond acceptors (Lipinski definition) is 3. The van der Waals surface area contributed by atoms with Gasteiger partial charge in [-0.3, -0.25) is 0 Å². The maximum Gasteiger partial charge on any atom is 0.174 e. The smallest absolute Gasteiger partial charge is 0.174 e. The second-order valence-corrected chi connectivity index (χ2v) is 6.39. The summed E-state index contributed by atoms with van der Waals surface area (Å²) in [7, 11) is 0. The lowest BCUT2D eigenvalue weighted by molar-refractivity contribution is 0.286. The number of halogens is 1. The molecule has 0 aromatic heterocycles. The van der Waals surface area contributed by atoms with Crippen molar-refractivity contribution in [2.45, 2.75) is 20.8 Å². The number of rotatable bonds is 6. The van der Waals surface area contributed by atoms with E-state index in [0.717, 1.165) is 20.4 Å². The molecule has 2 aromatic carbocycles. The van der Waals surface area contributed by atoms with Crippen LogP contribution in [-0.2, 0) is 0 Å². The molecule has 2 aromatic rings. The average molecular weight is 433 g/mol. The van der Waals surface area contributed by atoms with E-state index in [1.807, 2.05) is 63.2 Å². The minimum Gasteiger partial charge on any atom is -0.490 e. The van der Waals surface area contributed by atoms with E-state index in [1.54, 1.807) is 0 Å². The van der Waals surface area contributed by atoms with Crippen LogP contribution in [0.3, 0.4) is 0 Å². The fraction of sp³-hybridized carbons (Fsp3) is 0.250. The molecular formula is C20H20INO2. The molecule has 0 saturated heterocycles. The highest BCUT2D eigenvalue weighted by molar-refractivity contribution is 14.1. The molecule has 0 aliphatic rings. The third-order valence-electron chi connectivity index (χ3n) is 3.41. The molecular weight excluding hydrogens is 413 g/mol. The maximum absolute atomic E-state index is 9.51. The quantitative estimate of drug-likeness (QED) is 0.345. The number of ether oxygens (including phenoxy) is 2. The largest absolute Gasteiger partial charge is 0.490 e. The molecule has 0 aliphatic heterocycles. The molecule has 2 rings (SSSR count). The van der Waals surface area contributed by atoms with Crippen molar-refractivity contribution in [3.05, 3.63) is 56.7 Å². The van der Waals surface area contributed by atoms with Gasteiger partial charge in [0.1, 0.15) is 0 Å². The van der Waals surface area contributed by atoms with Gasteiger partial charge >= 0.3 is 0 Å². The predicted octanol–water partition coefficient (Wildman–Crippen LogP) is 5.46. The van der Waals surface area contributed by atoms with Crippen LogP contribution in [0.25, 0.3) is 11.6 Å². The summed E-state index contributed by atoms with van der Waals surface area (Å²) in [6.45, 7) is 7.07. The topological polar surface area (TPSA) is 42.2 Å². The summed E-state index contributed by atoms with van der Waals surface area (Å²) in [4.78, 5) is 0. The summed E-state index contributed by atoms with van der Waals surface area (Å²) in [5, 5.41) is 9.51. The van der Waals surface area contributed by atoms with Crippen molar-refractivity contribution in [1.29, 1.82) is 5.26 Å². The van der Waals surface area contributed by atoms with Crippen molar-refractivity contribution in [3.8, 4) is 17.6 Å². The number of benzene rings is 2. The van der Waals surface area contributed by atoms with E-state index < -0.39 is 0 Å². The van der Waals surface area contributed by atoms with Crippen LogP contribution >= 0.6 is 22.6 Å². The van der Waals surface area contributed by atoms with Gasteiger partial charge in [0, 0.05) is 0 Å². The molecule has 0 N–H and O–H groups in total. The van der Waals surface area contributed by atoms with Crippen molar-refractivity contribution in [2.75, 3.05) is 13.2 Å². The van der Waals surface area contributed by atoms with E-state index in [4.69, 9.17) is 9.47 Å². The fourth-order valence-electron chi connectivity index (χ4n) is 2.30. The Balaban J connectivity index is 2.46. The second kappa shape index (κ2) is 8.74. The first-order chi connectivity index (χ1) is 11.6. The van der Waals surface area contributed by atoms with Gasteiger partial charge in [0.2, 0.25) is 0 Å². The first kappa shape index (κ1) is 18.3. The summed E-state index contributed by atoms with van der Waals surface area (Å²) < 4.78 is 12.4. The Hall–Kier alpha value is -2.00. The third-order valence-corrected chi connectivity index (χ3v) is 4.22. The first-order valence-electron chi connectivity index (χ1n) is 7.87. The summed E-state index contributed by atoms with van der Waals surface area (Å²) in [5.41, 5.74) is 3.62. The molecule has 0 amide bonds. The number of nitriles is 1. The van der Waals surface area contributed by atoms with Crippen molar-refractivity contribution in [1.82, 2.24) is 0 Å². The van der Waals surface area contributed by atoms with E-state index in [2.05, 4.69) is 28.7 Å². The SMILES string of the molecule is CCOc1cc(/C=C(/C#N)c2ccc(C)cc2)cc(I)c1OCC. The third kappa shape index (κ3) is 4.51. The lowest BCUT2D eigenvalue weighted by atomic mass is 10.0. The Morgan fingerprint density at radius 2 is 1.79 bits per heavy atom. The highest BCUT2D eigenvalue weighted by Crippen LogP contribution is 2.35. The molecule has 0 heterocycles. The molecule has 4 heteroatoms. The van der Waals surface area contributed by atoms with Gasteiger partial charge < -0.3 is 9.47 Å². The monoisotopic (exact) mass is 433 g/mol. The number of nitrogens with zero attached hydrogens (tertiary/aromatic N) is 1. The van der Waals surface area contributed by atoms with Crippen molar-refractivity contribution < 1.29 is 9.47 Å². The van der Waals surface area contributed by atoms with Crippen LogP contribution in [0.1, 0.15) is 30.5 Å². The molecule has 0 unspecified atom stereocenters. The van der Waals surface area contributed by atoms with E-state index >= 15 is 0 Å². The van der Waals surface area contributed by atoms with Crippen LogP contribution in [0.2, 0.25) is 0 Å². The van der Waals surface area contributed by atoms with Crippen LogP contribution in [0.4, 0.5) is 0 Å². The van der Waals surface area contributed by atoms with E-state index in [0.29, 0.717) is 24.5 Å². The van der Waals surface area contributed by atoms with Gasteiger partial charge in [-0.15, -0.1) is 0 Å². The van der Waals surface area contributed by atoms with Crippen molar-refractivity contribution >= 4 is 34.2 Å². The van der Waals surface area contributed by atoms with Crippen molar-refractivity contribution in [2.24, 2.45) is 0 Å². The molecule has 3 nitrogen and oxygen atoms in total. The Bertz CT molecular complexity index is 773. The molecule has 0 spiro atoms. The Kier molecular flexibility index (Phi) is 6.68. The van der Waals surface area contributed by atoms with Gasteiger partial charge in [0.25, 0.3) is 0 Å². The molecule has 0 fully saturated rings. The summed E-state index contributed by atoms with van der Waals surface area (Å²) >= 11 is 2.24. The number of hydrogen-bond donors (Lipinski definition) is 0. The highest BCUT2D eigenvalue weighted by Gasteiger charge is 2.12. The molecule has 0 radical (unpaired) electrons.